The van der Waals surface area contributed by atoms with E-state index in [0.29, 0.717) is 58.6 Å². The fourth-order valence-electron chi connectivity index (χ4n) is 8.52. The second-order valence-corrected chi connectivity index (χ2v) is 15.0. The molecular weight excluding hydrogens is 748 g/mol. The van der Waals surface area contributed by atoms with Gasteiger partial charge in [-0.2, -0.15) is 0 Å². The van der Waals surface area contributed by atoms with Gasteiger partial charge in [-0.1, -0.05) is 41.9 Å². The number of pyridine rings is 1. The van der Waals surface area contributed by atoms with Gasteiger partial charge >= 0.3 is 11.7 Å². The molecule has 14 nitrogen and oxygen atoms in total. The van der Waals surface area contributed by atoms with Crippen molar-refractivity contribution in [3.63, 3.8) is 0 Å². The molecule has 2 fully saturated rings. The third kappa shape index (κ3) is 6.15. The highest BCUT2D eigenvalue weighted by molar-refractivity contribution is 6.36. The first-order valence-corrected chi connectivity index (χ1v) is 18.6. The number of carbonyl (C=O) groups is 1. The van der Waals surface area contributed by atoms with Gasteiger partial charge < -0.3 is 25.4 Å². The number of likely N-dealkylation sites (tertiary alicyclic amines) is 1. The van der Waals surface area contributed by atoms with Crippen LogP contribution in [0.25, 0.3) is 33.4 Å². The first-order chi connectivity index (χ1) is 26.8. The number of benzene rings is 2. The van der Waals surface area contributed by atoms with E-state index in [1.165, 1.54) is 14.1 Å². The van der Waals surface area contributed by atoms with Gasteiger partial charge in [-0.3, -0.25) is 18.8 Å². The zero-order chi connectivity index (χ0) is 39.6. The molecule has 292 valence electrons. The molecule has 2 aromatic carbocycles. The number of halogens is 3. The van der Waals surface area contributed by atoms with Crippen molar-refractivity contribution < 1.29 is 23.4 Å². The van der Waals surface area contributed by atoms with Crippen LogP contribution in [0.1, 0.15) is 47.8 Å². The van der Waals surface area contributed by atoms with Gasteiger partial charge in [-0.15, -0.1) is 0 Å². The van der Waals surface area contributed by atoms with Crippen LogP contribution in [-0.2, 0) is 20.5 Å². The fourth-order valence-corrected chi connectivity index (χ4v) is 8.84. The second kappa shape index (κ2) is 14.2. The van der Waals surface area contributed by atoms with Crippen molar-refractivity contribution >= 4 is 40.2 Å². The van der Waals surface area contributed by atoms with E-state index in [9.17, 15) is 28.3 Å². The van der Waals surface area contributed by atoms with Crippen LogP contribution >= 0.6 is 11.6 Å². The molecule has 2 unspecified atom stereocenters. The number of aliphatic hydroxyl groups is 1. The third-order valence-electron chi connectivity index (χ3n) is 11.3. The number of nitrogens with zero attached hydrogens (tertiary/aromatic N) is 7. The summed E-state index contributed by atoms with van der Waals surface area (Å²) in [5.41, 5.74) is 4.09. The number of hydrogen-bond acceptors (Lipinski definition) is 10. The zero-order valence-corrected chi connectivity index (χ0v) is 32.0. The van der Waals surface area contributed by atoms with E-state index in [1.807, 2.05) is 31.2 Å². The molecular formula is C39H40ClF2N9O5. The predicted molar refractivity (Wildman–Crippen MR) is 207 cm³/mol. The van der Waals surface area contributed by atoms with E-state index in [1.54, 1.807) is 24.1 Å². The van der Waals surface area contributed by atoms with Crippen molar-refractivity contribution in [2.75, 3.05) is 45.2 Å². The SMILES string of the molecule is COc1nc(-c2cccc(-c3cccc(Nc4nc(C(F)F)nc5c4c(=O)n(C)c(=O)n5C)c3C)c2Cl)cc2c1C(N1CCC3(CN(CCO)C(=O)N3)C1)CC2. The highest BCUT2D eigenvalue weighted by Gasteiger charge is 2.49. The summed E-state index contributed by atoms with van der Waals surface area (Å²) in [7, 11) is 4.27. The van der Waals surface area contributed by atoms with Gasteiger partial charge in [0.2, 0.25) is 5.88 Å². The summed E-state index contributed by atoms with van der Waals surface area (Å²) >= 11 is 7.22. The molecule has 2 saturated heterocycles. The molecule has 5 heterocycles. The first kappa shape index (κ1) is 37.5. The lowest BCUT2D eigenvalue weighted by Crippen LogP contribution is -2.46. The van der Waals surface area contributed by atoms with Crippen LogP contribution in [0, 0.1) is 6.92 Å². The number of β-amino-alcohol motifs (C(OH)–C–C–N with tert-alkyl or cyclic N) is 1. The Kier molecular flexibility index (Phi) is 9.53. The van der Waals surface area contributed by atoms with E-state index < -0.39 is 23.5 Å². The molecule has 2 atom stereocenters. The number of carbonyl (C=O) groups excluding carboxylic acids is 1. The standard InChI is InChI=1S/C39H40ClF2N9O5/c1-20-22(7-6-10-25(20)43-32-29-34(46-33(45-32)31(41)42)48(2)38(55)49(3)36(29)53)23-8-5-9-24(30(23)40)26-17-21-11-12-27(28(21)35(44-26)56-4)50-14-13-39(18-50)19-51(15-16-52)37(54)47-39/h5-10,17,27,31,52H,11-16,18-19H2,1-4H3,(H,47,54)(H,43,45,46). The number of methoxy groups -OCH3 is 1. The number of anilines is 2. The lowest BCUT2D eigenvalue weighted by Gasteiger charge is -2.28. The summed E-state index contributed by atoms with van der Waals surface area (Å²) in [6, 6.07) is 13.0. The lowest BCUT2D eigenvalue weighted by molar-refractivity contribution is 0.141. The average molecular weight is 788 g/mol. The van der Waals surface area contributed by atoms with Crippen LogP contribution < -0.4 is 26.6 Å². The number of ether oxygens (including phenoxy) is 1. The van der Waals surface area contributed by atoms with Crippen molar-refractivity contribution in [2.24, 2.45) is 14.1 Å². The number of alkyl halides is 2. The van der Waals surface area contributed by atoms with E-state index in [2.05, 4.69) is 31.6 Å². The molecule has 0 saturated carbocycles. The zero-order valence-electron chi connectivity index (χ0n) is 31.2. The van der Waals surface area contributed by atoms with Crippen molar-refractivity contribution in [1.29, 1.82) is 0 Å². The summed E-state index contributed by atoms with van der Waals surface area (Å²) in [6.45, 7) is 4.13. The minimum absolute atomic E-state index is 0.0678. The van der Waals surface area contributed by atoms with Gasteiger partial charge in [0.25, 0.3) is 12.0 Å². The molecule has 17 heteroatoms. The minimum atomic E-state index is -3.05. The van der Waals surface area contributed by atoms with Crippen molar-refractivity contribution in [1.82, 2.24) is 39.2 Å². The second-order valence-electron chi connectivity index (χ2n) is 14.6. The molecule has 8 rings (SSSR count). The number of aliphatic hydroxyl groups excluding tert-OH is 1. The first-order valence-electron chi connectivity index (χ1n) is 18.3. The monoisotopic (exact) mass is 787 g/mol. The normalized spacial score (nSPS) is 19.4. The predicted octanol–water partition coefficient (Wildman–Crippen LogP) is 4.86. The maximum Gasteiger partial charge on any atom is 0.332 e. The van der Waals surface area contributed by atoms with Gasteiger partial charge in [0.15, 0.2) is 11.5 Å². The van der Waals surface area contributed by atoms with Crippen LogP contribution in [0.5, 0.6) is 5.88 Å². The van der Waals surface area contributed by atoms with E-state index in [-0.39, 0.29) is 41.1 Å². The summed E-state index contributed by atoms with van der Waals surface area (Å²) < 4.78 is 35.7. The number of urea groups is 1. The smallest absolute Gasteiger partial charge is 0.332 e. The summed E-state index contributed by atoms with van der Waals surface area (Å²) in [4.78, 5) is 55.4. The molecule has 56 heavy (non-hydrogen) atoms. The average Bonchev–Trinajstić information content (AvgIpc) is 3.89. The largest absolute Gasteiger partial charge is 0.481 e. The van der Waals surface area contributed by atoms with Crippen LogP contribution in [0.4, 0.5) is 25.1 Å². The van der Waals surface area contributed by atoms with E-state index in [4.69, 9.17) is 21.3 Å². The highest BCUT2D eigenvalue weighted by Crippen LogP contribution is 2.46. The summed E-state index contributed by atoms with van der Waals surface area (Å²) in [6.07, 6.45) is -0.560. The summed E-state index contributed by atoms with van der Waals surface area (Å²) in [5, 5.41) is 16.0. The van der Waals surface area contributed by atoms with Crippen LogP contribution in [-0.4, -0.2) is 90.5 Å². The van der Waals surface area contributed by atoms with Gasteiger partial charge in [-0.05, 0) is 55.0 Å². The Morgan fingerprint density at radius 3 is 2.55 bits per heavy atom. The molecule has 1 spiro atoms. The Hall–Kier alpha value is -5.45. The van der Waals surface area contributed by atoms with Gasteiger partial charge in [-0.25, -0.2) is 33.3 Å². The minimum Gasteiger partial charge on any atom is -0.481 e. The molecule has 2 aliphatic heterocycles. The number of aryl methyl sites for hydroxylation is 2. The maximum absolute atomic E-state index is 14.0. The van der Waals surface area contributed by atoms with E-state index >= 15 is 0 Å². The molecule has 3 aromatic heterocycles. The lowest BCUT2D eigenvalue weighted by atomic mass is 9.96. The summed E-state index contributed by atoms with van der Waals surface area (Å²) in [5.74, 6) is -0.463. The van der Waals surface area contributed by atoms with E-state index in [0.717, 1.165) is 51.6 Å². The molecule has 0 radical (unpaired) electrons. The van der Waals surface area contributed by atoms with Crippen LogP contribution in [0.2, 0.25) is 5.02 Å². The molecule has 3 aliphatic rings. The highest BCUT2D eigenvalue weighted by atomic mass is 35.5. The number of hydrogen-bond donors (Lipinski definition) is 3. The quantitative estimate of drug-likeness (QED) is 0.189. The van der Waals surface area contributed by atoms with Crippen LogP contribution in [0.3, 0.4) is 0 Å². The third-order valence-corrected chi connectivity index (χ3v) is 11.7. The maximum atomic E-state index is 14.0. The molecule has 1 aliphatic carbocycles. The number of amides is 2. The Balaban J connectivity index is 1.12. The molecule has 0 bridgehead atoms. The van der Waals surface area contributed by atoms with Crippen molar-refractivity contribution in [3.8, 4) is 28.3 Å². The Morgan fingerprint density at radius 1 is 1.05 bits per heavy atom. The van der Waals surface area contributed by atoms with Crippen molar-refractivity contribution in [3.05, 3.63) is 90.8 Å². The number of fused-ring (bicyclic) bond motifs is 2. The number of rotatable bonds is 9. The molecule has 3 N–H and O–H groups in total. The van der Waals surface area contributed by atoms with Gasteiger partial charge in [0.1, 0.15) is 11.2 Å². The number of aromatic nitrogens is 5. The van der Waals surface area contributed by atoms with Gasteiger partial charge in [0, 0.05) is 68.7 Å². The van der Waals surface area contributed by atoms with Crippen LogP contribution in [0.15, 0.2) is 52.1 Å². The fraction of sp³-hybridized carbons (Fsp3) is 0.385. The number of nitrogens with one attached hydrogen (secondary N) is 2. The Bertz CT molecular complexity index is 2550. The van der Waals surface area contributed by atoms with Crippen molar-refractivity contribution in [2.45, 2.75) is 44.2 Å². The Labute approximate surface area is 324 Å². The molecule has 2 amide bonds. The Morgan fingerprint density at radius 2 is 1.80 bits per heavy atom. The van der Waals surface area contributed by atoms with Gasteiger partial charge in [0.05, 0.1) is 30.0 Å². The topological polar surface area (TPSA) is 160 Å². The molecule has 5 aromatic rings.